The van der Waals surface area contributed by atoms with E-state index in [1.54, 1.807) is 16.0 Å². The first-order valence-electron chi connectivity index (χ1n) is 11.8. The topological polar surface area (TPSA) is 94.6 Å². The molecule has 2 aliphatic heterocycles. The van der Waals surface area contributed by atoms with Crippen LogP contribution in [0.15, 0.2) is 49.2 Å². The summed E-state index contributed by atoms with van der Waals surface area (Å²) in [4.78, 5) is 47.5. The van der Waals surface area contributed by atoms with Gasteiger partial charge in [0, 0.05) is 25.3 Å². The number of anilines is 3. The smallest absolute Gasteiger partial charge is 0.331 e. The van der Waals surface area contributed by atoms with Crippen LogP contribution >= 0.6 is 11.3 Å². The number of likely N-dealkylation sites (tertiary alicyclic amines) is 1. The number of amides is 4. The van der Waals surface area contributed by atoms with Crippen molar-refractivity contribution >= 4 is 56.5 Å². The summed E-state index contributed by atoms with van der Waals surface area (Å²) in [6.45, 7) is 6.77. The maximum Gasteiger partial charge on any atom is 0.331 e. The van der Waals surface area contributed by atoms with Gasteiger partial charge in [-0.1, -0.05) is 32.1 Å². The third-order valence-electron chi connectivity index (χ3n) is 6.40. The van der Waals surface area contributed by atoms with Crippen LogP contribution in [0.1, 0.15) is 41.4 Å². The molecule has 0 radical (unpaired) electrons. The van der Waals surface area contributed by atoms with Crippen LogP contribution in [-0.2, 0) is 11.2 Å². The number of benzene rings is 1. The Morgan fingerprint density at radius 2 is 2.20 bits per heavy atom. The lowest BCUT2D eigenvalue weighted by Crippen LogP contribution is -2.49. The Morgan fingerprint density at radius 1 is 1.34 bits per heavy atom. The molecular weight excluding hydrogens is 462 g/mol. The number of piperidine rings is 1. The summed E-state index contributed by atoms with van der Waals surface area (Å²) < 4.78 is 0. The van der Waals surface area contributed by atoms with Crippen LogP contribution in [0.3, 0.4) is 0 Å². The molecular formula is C26H27N5O3S. The van der Waals surface area contributed by atoms with Crippen molar-refractivity contribution in [3.63, 3.8) is 0 Å². The summed E-state index contributed by atoms with van der Waals surface area (Å²) in [7, 11) is 0. The van der Waals surface area contributed by atoms with Gasteiger partial charge in [0.25, 0.3) is 5.91 Å². The molecule has 35 heavy (non-hydrogen) atoms. The van der Waals surface area contributed by atoms with Crippen LogP contribution in [0.5, 0.6) is 0 Å². The second-order valence-corrected chi connectivity index (χ2v) is 9.80. The number of hydrogen-bond donors (Lipinski definition) is 2. The van der Waals surface area contributed by atoms with Crippen molar-refractivity contribution < 1.29 is 14.4 Å². The Balaban J connectivity index is 1.47. The molecule has 5 rings (SSSR count). The quantitative estimate of drug-likeness (QED) is 0.485. The molecule has 1 fully saturated rings. The Bertz CT molecular complexity index is 1330. The van der Waals surface area contributed by atoms with E-state index in [2.05, 4.69) is 35.2 Å². The van der Waals surface area contributed by atoms with E-state index < -0.39 is 0 Å². The van der Waals surface area contributed by atoms with E-state index in [1.165, 1.54) is 17.4 Å². The molecule has 0 spiro atoms. The van der Waals surface area contributed by atoms with E-state index in [0.29, 0.717) is 34.2 Å². The second-order valence-electron chi connectivity index (χ2n) is 8.80. The SMILES string of the molecule is C=CC(=O)N1CCC[C@@H](NC(=O)c2sc3nccc4c3c2NC(=O)N4c2cccc(CCC)c2)C1. The predicted octanol–water partition coefficient (Wildman–Crippen LogP) is 4.84. The Hall–Kier alpha value is -3.72. The molecule has 2 N–H and O–H groups in total. The normalized spacial score (nSPS) is 17.3. The standard InChI is InChI=1S/C26H27N5O3S/c1-3-7-16-8-5-10-18(14-16)31-19-11-12-27-25-21(19)22(29-26(31)34)23(35-25)24(33)28-17-9-6-13-30(15-17)20(32)4-2/h4-5,8,10-12,14,17H,2-3,6-7,9,13,15H2,1H3,(H,28,33)(H,29,34)/t17-/m1/s1. The lowest BCUT2D eigenvalue weighted by Gasteiger charge is -2.32. The van der Waals surface area contributed by atoms with Gasteiger partial charge >= 0.3 is 6.03 Å². The highest BCUT2D eigenvalue weighted by molar-refractivity contribution is 7.21. The second kappa shape index (κ2) is 9.50. The van der Waals surface area contributed by atoms with Crippen LogP contribution in [0, 0.1) is 0 Å². The summed E-state index contributed by atoms with van der Waals surface area (Å²) in [5, 5.41) is 6.76. The van der Waals surface area contributed by atoms with Crippen LogP contribution in [0.25, 0.3) is 10.2 Å². The molecule has 2 aliphatic rings. The number of aryl methyl sites for hydroxylation is 1. The van der Waals surface area contributed by atoms with E-state index in [-0.39, 0.29) is 23.9 Å². The van der Waals surface area contributed by atoms with Gasteiger partial charge < -0.3 is 15.5 Å². The summed E-state index contributed by atoms with van der Waals surface area (Å²) in [6, 6.07) is 9.29. The Labute approximate surface area is 207 Å². The Kier molecular flexibility index (Phi) is 6.25. The van der Waals surface area contributed by atoms with Gasteiger partial charge in [0.2, 0.25) is 5.91 Å². The van der Waals surface area contributed by atoms with E-state index in [9.17, 15) is 14.4 Å². The zero-order valence-corrected chi connectivity index (χ0v) is 20.4. The third kappa shape index (κ3) is 4.27. The monoisotopic (exact) mass is 489 g/mol. The van der Waals surface area contributed by atoms with Crippen molar-refractivity contribution in [3.05, 3.63) is 59.6 Å². The molecule has 0 bridgehead atoms. The van der Waals surface area contributed by atoms with Crippen molar-refractivity contribution in [3.8, 4) is 0 Å². The molecule has 0 saturated carbocycles. The fraction of sp³-hybridized carbons (Fsp3) is 0.308. The zero-order chi connectivity index (χ0) is 24.5. The third-order valence-corrected chi connectivity index (χ3v) is 7.50. The molecule has 4 amide bonds. The van der Waals surface area contributed by atoms with Crippen molar-refractivity contribution in [1.29, 1.82) is 0 Å². The zero-order valence-electron chi connectivity index (χ0n) is 19.5. The largest absolute Gasteiger partial charge is 0.347 e. The number of urea groups is 1. The van der Waals surface area contributed by atoms with Gasteiger partial charge in [0.05, 0.1) is 22.4 Å². The van der Waals surface area contributed by atoms with Gasteiger partial charge in [-0.3, -0.25) is 14.5 Å². The Morgan fingerprint density at radius 3 is 3.00 bits per heavy atom. The number of hydrogen-bond acceptors (Lipinski definition) is 5. The predicted molar refractivity (Wildman–Crippen MR) is 138 cm³/mol. The molecule has 1 saturated heterocycles. The first kappa shape index (κ1) is 23.0. The van der Waals surface area contributed by atoms with Crippen LogP contribution in [0.2, 0.25) is 0 Å². The molecule has 4 heterocycles. The number of pyridine rings is 1. The summed E-state index contributed by atoms with van der Waals surface area (Å²) in [5.74, 6) is -0.407. The van der Waals surface area contributed by atoms with Crippen LogP contribution in [0.4, 0.5) is 21.9 Å². The molecule has 1 atom stereocenters. The fourth-order valence-electron chi connectivity index (χ4n) is 4.82. The molecule has 1 aromatic carbocycles. The van der Waals surface area contributed by atoms with Gasteiger partial charge in [-0.25, -0.2) is 9.78 Å². The first-order chi connectivity index (χ1) is 17.0. The van der Waals surface area contributed by atoms with E-state index in [4.69, 9.17) is 0 Å². The van der Waals surface area contributed by atoms with Gasteiger partial charge in [0.1, 0.15) is 9.71 Å². The van der Waals surface area contributed by atoms with E-state index >= 15 is 0 Å². The number of carbonyl (C=O) groups excluding carboxylic acids is 3. The lowest BCUT2D eigenvalue weighted by atomic mass is 10.1. The molecule has 0 aliphatic carbocycles. The molecule has 9 heteroatoms. The van der Waals surface area contributed by atoms with Gasteiger partial charge in [-0.15, -0.1) is 11.3 Å². The van der Waals surface area contributed by atoms with E-state index in [0.717, 1.165) is 42.3 Å². The van der Waals surface area contributed by atoms with Gasteiger partial charge in [-0.05, 0) is 49.1 Å². The number of nitrogens with one attached hydrogen (secondary N) is 2. The molecule has 2 aromatic heterocycles. The average Bonchev–Trinajstić information content (AvgIpc) is 3.24. The van der Waals surface area contributed by atoms with Crippen LogP contribution < -0.4 is 15.5 Å². The summed E-state index contributed by atoms with van der Waals surface area (Å²) in [6.07, 6.45) is 6.50. The lowest BCUT2D eigenvalue weighted by molar-refractivity contribution is -0.127. The highest BCUT2D eigenvalue weighted by atomic mass is 32.1. The molecule has 3 aromatic rings. The number of thiophene rings is 1. The highest BCUT2D eigenvalue weighted by Crippen LogP contribution is 2.45. The number of nitrogens with zero attached hydrogens (tertiary/aromatic N) is 3. The van der Waals surface area contributed by atoms with Crippen molar-refractivity contribution in [2.75, 3.05) is 23.3 Å². The fourth-order valence-corrected chi connectivity index (χ4v) is 5.84. The van der Waals surface area contributed by atoms with E-state index in [1.807, 2.05) is 24.3 Å². The average molecular weight is 490 g/mol. The minimum atomic E-state index is -0.313. The molecule has 0 unspecified atom stereocenters. The molecule has 180 valence electrons. The first-order valence-corrected chi connectivity index (χ1v) is 12.7. The molecule has 8 nitrogen and oxygen atoms in total. The van der Waals surface area contributed by atoms with Crippen molar-refractivity contribution in [2.24, 2.45) is 0 Å². The number of rotatable bonds is 6. The summed E-state index contributed by atoms with van der Waals surface area (Å²) >= 11 is 1.26. The minimum absolute atomic E-state index is 0.134. The van der Waals surface area contributed by atoms with Gasteiger partial charge in [0.15, 0.2) is 0 Å². The number of carbonyl (C=O) groups is 3. The highest BCUT2D eigenvalue weighted by Gasteiger charge is 2.33. The summed E-state index contributed by atoms with van der Waals surface area (Å²) in [5.41, 5.74) is 3.14. The van der Waals surface area contributed by atoms with Crippen LogP contribution in [-0.4, -0.2) is 46.9 Å². The minimum Gasteiger partial charge on any atom is -0.347 e. The maximum absolute atomic E-state index is 13.3. The maximum atomic E-state index is 13.3. The van der Waals surface area contributed by atoms with Crippen molar-refractivity contribution in [1.82, 2.24) is 15.2 Å². The van der Waals surface area contributed by atoms with Crippen molar-refractivity contribution in [2.45, 2.75) is 38.6 Å². The number of aromatic nitrogens is 1. The van der Waals surface area contributed by atoms with Gasteiger partial charge in [-0.2, -0.15) is 0 Å².